The van der Waals surface area contributed by atoms with Crippen molar-refractivity contribution in [2.24, 2.45) is 11.5 Å². The van der Waals surface area contributed by atoms with E-state index in [1.54, 1.807) is 36.6 Å². The highest BCUT2D eigenvalue weighted by Crippen LogP contribution is 2.08. The van der Waals surface area contributed by atoms with Gasteiger partial charge in [-0.25, -0.2) is 4.79 Å². The number of carboxylic acid groups (broad SMARTS) is 2. The minimum atomic E-state index is -1.36. The van der Waals surface area contributed by atoms with Crippen molar-refractivity contribution >= 4 is 47.3 Å². The van der Waals surface area contributed by atoms with Crippen LogP contribution in [0.1, 0.15) is 37.7 Å². The largest absolute Gasteiger partial charge is 0.481 e. The van der Waals surface area contributed by atoms with Crippen molar-refractivity contribution in [3.63, 3.8) is 0 Å². The summed E-state index contributed by atoms with van der Waals surface area (Å²) in [6.45, 7) is 0. The predicted molar refractivity (Wildman–Crippen MR) is 140 cm³/mol. The Kier molecular flexibility index (Phi) is 14.5. The van der Waals surface area contributed by atoms with Crippen LogP contribution >= 0.6 is 11.8 Å². The molecule has 0 aliphatic rings. The third-order valence-electron chi connectivity index (χ3n) is 5.46. The number of aliphatic carboxylic acids is 2. The molecule has 13 nitrogen and oxygen atoms in total. The van der Waals surface area contributed by atoms with Gasteiger partial charge in [-0.3, -0.25) is 24.0 Å². The molecule has 0 saturated carbocycles. The lowest BCUT2D eigenvalue weighted by atomic mass is 10.0. The zero-order chi connectivity index (χ0) is 28.7. The molecule has 1 aromatic carbocycles. The number of nitrogens with one attached hydrogen (secondary N) is 3. The van der Waals surface area contributed by atoms with E-state index in [0.29, 0.717) is 11.3 Å². The summed E-state index contributed by atoms with van der Waals surface area (Å²) in [4.78, 5) is 72.4. The fourth-order valence-corrected chi connectivity index (χ4v) is 3.81. The Balaban J connectivity index is 3.11. The topological polar surface area (TPSA) is 231 Å². The maximum absolute atomic E-state index is 13.1. The fourth-order valence-electron chi connectivity index (χ4n) is 3.34. The second-order valence-electron chi connectivity index (χ2n) is 8.54. The molecule has 1 aromatic rings. The first-order valence-electron chi connectivity index (χ1n) is 11.9. The molecular weight excluding hydrogens is 518 g/mol. The number of primary amides is 1. The third-order valence-corrected chi connectivity index (χ3v) is 6.10. The van der Waals surface area contributed by atoms with Crippen LogP contribution in [-0.2, 0) is 35.2 Å². The summed E-state index contributed by atoms with van der Waals surface area (Å²) in [7, 11) is 0. The van der Waals surface area contributed by atoms with Crippen molar-refractivity contribution < 1.29 is 39.0 Å². The van der Waals surface area contributed by atoms with E-state index in [4.69, 9.17) is 16.6 Å². The summed E-state index contributed by atoms with van der Waals surface area (Å²) in [5.41, 5.74) is 11.5. The van der Waals surface area contributed by atoms with Gasteiger partial charge in [0.1, 0.15) is 18.1 Å². The van der Waals surface area contributed by atoms with E-state index in [1.165, 1.54) is 11.8 Å². The Morgan fingerprint density at radius 3 is 1.95 bits per heavy atom. The van der Waals surface area contributed by atoms with Gasteiger partial charge in [-0.15, -0.1) is 0 Å². The monoisotopic (exact) mass is 553 g/mol. The fraction of sp³-hybridized carbons (Fsp3) is 0.500. The summed E-state index contributed by atoms with van der Waals surface area (Å²) in [6.07, 6.45) is 0.937. The van der Waals surface area contributed by atoms with Crippen LogP contribution < -0.4 is 27.4 Å². The standard InChI is InChI=1S/C24H35N5O8S/c1-38-12-11-17(24(36)37)28-23(35)18(13-14-5-3-2-4-6-14)29-22(34)16(8-10-20(31)32)27-21(33)15(25)7-9-19(26)30/h2-6,15-18H,7-13,25H2,1H3,(H2,26,30)(H,27,33)(H,28,35)(H,29,34)(H,31,32)(H,36,37). The molecule has 1 rings (SSSR count). The summed E-state index contributed by atoms with van der Waals surface area (Å²) in [6, 6.07) is 3.70. The number of hydrogen-bond acceptors (Lipinski definition) is 8. The smallest absolute Gasteiger partial charge is 0.326 e. The second kappa shape index (κ2) is 17.0. The molecule has 9 N–H and O–H groups in total. The van der Waals surface area contributed by atoms with Crippen LogP contribution in [-0.4, -0.2) is 82.0 Å². The first-order chi connectivity index (χ1) is 17.9. The Labute approximate surface area is 224 Å². The Bertz CT molecular complexity index is 978. The third kappa shape index (κ3) is 12.5. The minimum Gasteiger partial charge on any atom is -0.481 e. The van der Waals surface area contributed by atoms with Crippen molar-refractivity contribution in [1.29, 1.82) is 0 Å². The Morgan fingerprint density at radius 1 is 0.816 bits per heavy atom. The Hall–Kier alpha value is -3.65. The molecule has 0 aliphatic carbocycles. The van der Waals surface area contributed by atoms with Gasteiger partial charge in [-0.2, -0.15) is 11.8 Å². The van der Waals surface area contributed by atoms with Gasteiger partial charge in [0.15, 0.2) is 0 Å². The molecule has 210 valence electrons. The molecule has 0 saturated heterocycles. The van der Waals surface area contributed by atoms with E-state index < -0.39 is 66.2 Å². The molecule has 0 aliphatic heterocycles. The van der Waals surface area contributed by atoms with Gasteiger partial charge < -0.3 is 37.6 Å². The van der Waals surface area contributed by atoms with Crippen LogP contribution in [0.25, 0.3) is 0 Å². The Morgan fingerprint density at radius 2 is 1.39 bits per heavy atom. The van der Waals surface area contributed by atoms with Gasteiger partial charge in [-0.05, 0) is 36.8 Å². The molecule has 4 atom stereocenters. The molecule has 38 heavy (non-hydrogen) atoms. The van der Waals surface area contributed by atoms with E-state index >= 15 is 0 Å². The van der Waals surface area contributed by atoms with Crippen molar-refractivity contribution in [3.05, 3.63) is 35.9 Å². The van der Waals surface area contributed by atoms with Gasteiger partial charge in [0.2, 0.25) is 23.6 Å². The second-order valence-corrected chi connectivity index (χ2v) is 9.52. The molecule has 0 spiro atoms. The van der Waals surface area contributed by atoms with Crippen molar-refractivity contribution in [2.45, 2.75) is 62.7 Å². The van der Waals surface area contributed by atoms with Gasteiger partial charge in [0.05, 0.1) is 6.04 Å². The first kappa shape index (κ1) is 32.4. The van der Waals surface area contributed by atoms with Gasteiger partial charge in [-0.1, -0.05) is 30.3 Å². The van der Waals surface area contributed by atoms with Gasteiger partial charge in [0.25, 0.3) is 0 Å². The predicted octanol–water partition coefficient (Wildman–Crippen LogP) is -1.02. The maximum Gasteiger partial charge on any atom is 0.326 e. The molecule has 4 amide bonds. The van der Waals surface area contributed by atoms with Crippen LogP contribution in [0.4, 0.5) is 0 Å². The van der Waals surface area contributed by atoms with Gasteiger partial charge >= 0.3 is 11.9 Å². The normalized spacial score (nSPS) is 13.8. The number of rotatable bonds is 18. The number of amides is 4. The van der Waals surface area contributed by atoms with Gasteiger partial charge in [0, 0.05) is 19.3 Å². The summed E-state index contributed by atoms with van der Waals surface area (Å²) >= 11 is 1.41. The van der Waals surface area contributed by atoms with E-state index in [-0.39, 0.29) is 32.1 Å². The highest BCUT2D eigenvalue weighted by atomic mass is 32.2. The summed E-state index contributed by atoms with van der Waals surface area (Å²) < 4.78 is 0. The minimum absolute atomic E-state index is 0.00496. The highest BCUT2D eigenvalue weighted by molar-refractivity contribution is 7.98. The van der Waals surface area contributed by atoms with E-state index in [0.717, 1.165) is 0 Å². The lowest BCUT2D eigenvalue weighted by Gasteiger charge is -2.25. The van der Waals surface area contributed by atoms with Crippen LogP contribution in [0.2, 0.25) is 0 Å². The number of carbonyl (C=O) groups excluding carboxylic acids is 4. The maximum atomic E-state index is 13.1. The molecular formula is C24H35N5O8S. The van der Waals surface area contributed by atoms with Crippen molar-refractivity contribution in [1.82, 2.24) is 16.0 Å². The van der Waals surface area contributed by atoms with Crippen LogP contribution in [0.15, 0.2) is 30.3 Å². The molecule has 14 heteroatoms. The average Bonchev–Trinajstić information content (AvgIpc) is 2.86. The lowest BCUT2D eigenvalue weighted by molar-refractivity contribution is -0.142. The quantitative estimate of drug-likeness (QED) is 0.117. The number of carboxylic acids is 2. The van der Waals surface area contributed by atoms with E-state index in [1.807, 2.05) is 0 Å². The zero-order valence-corrected chi connectivity index (χ0v) is 21.9. The zero-order valence-electron chi connectivity index (χ0n) is 21.1. The number of thioether (sulfide) groups is 1. The SMILES string of the molecule is CSCCC(NC(=O)C(Cc1ccccc1)NC(=O)C(CCC(=O)O)NC(=O)C(N)CCC(N)=O)C(=O)O. The van der Waals surface area contributed by atoms with Crippen molar-refractivity contribution in [3.8, 4) is 0 Å². The number of benzene rings is 1. The molecule has 0 heterocycles. The van der Waals surface area contributed by atoms with Crippen molar-refractivity contribution in [2.75, 3.05) is 12.0 Å². The molecule has 4 unspecified atom stereocenters. The van der Waals surface area contributed by atoms with Crippen LogP contribution in [0, 0.1) is 0 Å². The molecule has 0 aromatic heterocycles. The highest BCUT2D eigenvalue weighted by Gasteiger charge is 2.30. The van der Waals surface area contributed by atoms with Crippen LogP contribution in [0.5, 0.6) is 0 Å². The molecule has 0 fully saturated rings. The van der Waals surface area contributed by atoms with E-state index in [9.17, 15) is 33.9 Å². The number of hydrogen-bond donors (Lipinski definition) is 7. The molecule has 0 radical (unpaired) electrons. The lowest BCUT2D eigenvalue weighted by Crippen LogP contribution is -2.57. The number of nitrogens with two attached hydrogens (primary N) is 2. The van der Waals surface area contributed by atoms with E-state index in [2.05, 4.69) is 16.0 Å². The summed E-state index contributed by atoms with van der Waals surface area (Å²) in [5, 5.41) is 25.9. The first-order valence-corrected chi connectivity index (χ1v) is 13.3. The van der Waals surface area contributed by atoms with Crippen LogP contribution in [0.3, 0.4) is 0 Å². The molecule has 0 bridgehead atoms. The average molecular weight is 554 g/mol. The number of carbonyl (C=O) groups is 6. The summed E-state index contributed by atoms with van der Waals surface area (Å²) in [5.74, 6) is -5.04.